The molecule has 2 aliphatic heterocycles. The monoisotopic (exact) mass is 417 g/mol. The van der Waals surface area contributed by atoms with Gasteiger partial charge in [0, 0.05) is 55.8 Å². The van der Waals surface area contributed by atoms with Crippen molar-refractivity contribution >= 4 is 23.4 Å². The molecule has 158 valence electrons. The maximum Gasteiger partial charge on any atom is 0.308 e. The molecule has 0 atom stereocenters. The first kappa shape index (κ1) is 19.4. The van der Waals surface area contributed by atoms with Crippen LogP contribution in [0.25, 0.3) is 11.3 Å². The normalized spacial score (nSPS) is 15.6. The lowest BCUT2D eigenvalue weighted by molar-refractivity contribution is -0.131. The SMILES string of the molecule is CC(=O)Oc1cccc(-c2nc(N3CCOCC3)nc3c2CCN3c2ccncc2)c1. The molecule has 8 heteroatoms. The van der Waals surface area contributed by atoms with E-state index >= 15 is 0 Å². The Balaban J connectivity index is 1.62. The Morgan fingerprint density at radius 2 is 1.87 bits per heavy atom. The van der Waals surface area contributed by atoms with Crippen molar-refractivity contribution in [1.29, 1.82) is 0 Å². The summed E-state index contributed by atoms with van der Waals surface area (Å²) in [5.41, 5.74) is 3.93. The van der Waals surface area contributed by atoms with E-state index in [1.165, 1.54) is 6.92 Å². The van der Waals surface area contributed by atoms with Crippen molar-refractivity contribution in [3.63, 3.8) is 0 Å². The number of fused-ring (bicyclic) bond motifs is 1. The third kappa shape index (κ3) is 3.94. The van der Waals surface area contributed by atoms with Gasteiger partial charge >= 0.3 is 5.97 Å². The number of rotatable bonds is 4. The summed E-state index contributed by atoms with van der Waals surface area (Å²) in [5.74, 6) is 1.77. The molecule has 4 heterocycles. The van der Waals surface area contributed by atoms with Crippen LogP contribution in [-0.2, 0) is 16.0 Å². The highest BCUT2D eigenvalue weighted by Crippen LogP contribution is 2.39. The minimum Gasteiger partial charge on any atom is -0.427 e. The first-order valence-corrected chi connectivity index (χ1v) is 10.4. The number of nitrogens with zero attached hydrogens (tertiary/aromatic N) is 5. The molecule has 31 heavy (non-hydrogen) atoms. The van der Waals surface area contributed by atoms with Gasteiger partial charge in [-0.25, -0.2) is 4.98 Å². The number of anilines is 3. The summed E-state index contributed by atoms with van der Waals surface area (Å²) in [7, 11) is 0. The summed E-state index contributed by atoms with van der Waals surface area (Å²) in [5, 5.41) is 0. The third-order valence-corrected chi connectivity index (χ3v) is 5.45. The van der Waals surface area contributed by atoms with Gasteiger partial charge in [-0.1, -0.05) is 12.1 Å². The Hall–Kier alpha value is -3.52. The van der Waals surface area contributed by atoms with E-state index in [2.05, 4.69) is 14.8 Å². The largest absolute Gasteiger partial charge is 0.427 e. The van der Waals surface area contributed by atoms with Crippen LogP contribution in [0.5, 0.6) is 5.75 Å². The number of ether oxygens (including phenoxy) is 2. The first-order valence-electron chi connectivity index (χ1n) is 10.4. The average Bonchev–Trinajstić information content (AvgIpc) is 3.23. The number of carbonyl (C=O) groups excluding carboxylic acids is 1. The van der Waals surface area contributed by atoms with Gasteiger partial charge in [-0.15, -0.1) is 0 Å². The molecule has 0 unspecified atom stereocenters. The van der Waals surface area contributed by atoms with Crippen molar-refractivity contribution in [3.05, 3.63) is 54.4 Å². The summed E-state index contributed by atoms with van der Waals surface area (Å²) < 4.78 is 10.8. The molecule has 5 rings (SSSR count). The first-order chi connectivity index (χ1) is 15.2. The number of benzene rings is 1. The Bertz CT molecular complexity index is 1100. The molecule has 1 saturated heterocycles. The number of morpholine rings is 1. The number of esters is 1. The second-order valence-corrected chi connectivity index (χ2v) is 7.50. The third-order valence-electron chi connectivity index (χ3n) is 5.45. The van der Waals surface area contributed by atoms with E-state index in [-0.39, 0.29) is 5.97 Å². The van der Waals surface area contributed by atoms with Crippen LogP contribution in [-0.4, -0.2) is 53.8 Å². The topological polar surface area (TPSA) is 80.7 Å². The fourth-order valence-corrected chi connectivity index (χ4v) is 4.04. The van der Waals surface area contributed by atoms with Crippen molar-refractivity contribution in [2.75, 3.05) is 42.6 Å². The predicted octanol–water partition coefficient (Wildman–Crippen LogP) is 2.99. The van der Waals surface area contributed by atoms with Crippen molar-refractivity contribution < 1.29 is 14.3 Å². The van der Waals surface area contributed by atoms with Crippen molar-refractivity contribution in [1.82, 2.24) is 15.0 Å². The van der Waals surface area contributed by atoms with Crippen LogP contribution in [0.1, 0.15) is 12.5 Å². The van der Waals surface area contributed by atoms with Crippen LogP contribution in [0.2, 0.25) is 0 Å². The van der Waals surface area contributed by atoms with Crippen molar-refractivity contribution in [2.45, 2.75) is 13.3 Å². The summed E-state index contributed by atoms with van der Waals surface area (Å²) in [6.07, 6.45) is 4.41. The Labute approximate surface area is 180 Å². The molecule has 0 amide bonds. The van der Waals surface area contributed by atoms with Crippen LogP contribution >= 0.6 is 0 Å². The molecule has 0 aliphatic carbocycles. The van der Waals surface area contributed by atoms with Gasteiger partial charge in [0.25, 0.3) is 0 Å². The molecule has 2 aromatic heterocycles. The molecular formula is C23H23N5O3. The van der Waals surface area contributed by atoms with E-state index in [4.69, 9.17) is 19.4 Å². The van der Waals surface area contributed by atoms with Crippen LogP contribution in [0.3, 0.4) is 0 Å². The zero-order valence-electron chi connectivity index (χ0n) is 17.3. The minimum atomic E-state index is -0.345. The highest BCUT2D eigenvalue weighted by Gasteiger charge is 2.29. The Morgan fingerprint density at radius 3 is 2.65 bits per heavy atom. The Kier molecular flexibility index (Phi) is 5.21. The molecule has 0 bridgehead atoms. The van der Waals surface area contributed by atoms with Gasteiger partial charge in [-0.2, -0.15) is 4.98 Å². The molecule has 0 radical (unpaired) electrons. The molecule has 8 nitrogen and oxygen atoms in total. The van der Waals surface area contributed by atoms with E-state index in [1.54, 1.807) is 18.5 Å². The highest BCUT2D eigenvalue weighted by atomic mass is 16.5. The number of carbonyl (C=O) groups is 1. The second kappa shape index (κ2) is 8.31. The van der Waals surface area contributed by atoms with E-state index in [0.29, 0.717) is 24.9 Å². The number of pyridine rings is 1. The van der Waals surface area contributed by atoms with Gasteiger partial charge < -0.3 is 19.3 Å². The average molecular weight is 417 g/mol. The number of aromatic nitrogens is 3. The predicted molar refractivity (Wildman–Crippen MR) is 117 cm³/mol. The summed E-state index contributed by atoms with van der Waals surface area (Å²) in [6.45, 7) is 5.04. The van der Waals surface area contributed by atoms with Gasteiger partial charge in [-0.05, 0) is 30.7 Å². The highest BCUT2D eigenvalue weighted by molar-refractivity contribution is 5.78. The molecule has 1 fully saturated rings. The minimum absolute atomic E-state index is 0.345. The molecule has 3 aromatic rings. The maximum atomic E-state index is 11.4. The van der Waals surface area contributed by atoms with E-state index in [1.807, 2.05) is 30.3 Å². The fraction of sp³-hybridized carbons (Fsp3) is 0.304. The maximum absolute atomic E-state index is 11.4. The second-order valence-electron chi connectivity index (χ2n) is 7.50. The van der Waals surface area contributed by atoms with Crippen molar-refractivity contribution in [3.8, 4) is 17.0 Å². The fourth-order valence-electron chi connectivity index (χ4n) is 4.04. The smallest absolute Gasteiger partial charge is 0.308 e. The van der Waals surface area contributed by atoms with Gasteiger partial charge in [0.15, 0.2) is 0 Å². The Morgan fingerprint density at radius 1 is 1.06 bits per heavy atom. The summed E-state index contributed by atoms with van der Waals surface area (Å²) in [4.78, 5) is 29.9. The van der Waals surface area contributed by atoms with E-state index in [0.717, 1.165) is 54.4 Å². The van der Waals surface area contributed by atoms with E-state index in [9.17, 15) is 4.79 Å². The van der Waals surface area contributed by atoms with Crippen LogP contribution in [0.15, 0.2) is 48.8 Å². The molecule has 0 N–H and O–H groups in total. The number of hydrogen-bond acceptors (Lipinski definition) is 8. The zero-order chi connectivity index (χ0) is 21.2. The molecule has 0 saturated carbocycles. The zero-order valence-corrected chi connectivity index (χ0v) is 17.3. The number of hydrogen-bond donors (Lipinski definition) is 0. The molecular weight excluding hydrogens is 394 g/mol. The lowest BCUT2D eigenvalue weighted by Gasteiger charge is -2.28. The van der Waals surface area contributed by atoms with Crippen LogP contribution < -0.4 is 14.5 Å². The summed E-state index contributed by atoms with van der Waals surface area (Å²) >= 11 is 0. The lowest BCUT2D eigenvalue weighted by Crippen LogP contribution is -2.37. The molecule has 0 spiro atoms. The van der Waals surface area contributed by atoms with Gasteiger partial charge in [0.05, 0.1) is 18.9 Å². The molecule has 2 aliphatic rings. The van der Waals surface area contributed by atoms with Gasteiger partial charge in [0.2, 0.25) is 5.95 Å². The van der Waals surface area contributed by atoms with E-state index < -0.39 is 0 Å². The quantitative estimate of drug-likeness (QED) is 0.473. The molecule has 1 aromatic carbocycles. The summed E-state index contributed by atoms with van der Waals surface area (Å²) in [6, 6.07) is 11.5. The standard InChI is InChI=1S/C23H23N5O3/c1-16(29)31-19-4-2-3-17(15-19)21-20-7-10-28(18-5-8-24-9-6-18)22(20)26-23(25-21)27-11-13-30-14-12-27/h2-6,8-9,15H,7,10-14H2,1H3. The van der Waals surface area contributed by atoms with Crippen LogP contribution in [0, 0.1) is 0 Å². The van der Waals surface area contributed by atoms with Gasteiger partial charge in [-0.3, -0.25) is 9.78 Å². The van der Waals surface area contributed by atoms with Gasteiger partial charge in [0.1, 0.15) is 11.6 Å². The van der Waals surface area contributed by atoms with Crippen LogP contribution in [0.4, 0.5) is 17.5 Å². The lowest BCUT2D eigenvalue weighted by atomic mass is 10.1. The van der Waals surface area contributed by atoms with Crippen molar-refractivity contribution in [2.24, 2.45) is 0 Å².